The van der Waals surface area contributed by atoms with Crippen molar-refractivity contribution in [2.24, 2.45) is 0 Å². The summed E-state index contributed by atoms with van der Waals surface area (Å²) in [6.45, 7) is 5.68. The van der Waals surface area contributed by atoms with Gasteiger partial charge in [-0.15, -0.1) is 0 Å². The minimum atomic E-state index is 0.660. The van der Waals surface area contributed by atoms with Crippen LogP contribution in [0.2, 0.25) is 0 Å². The van der Waals surface area contributed by atoms with Crippen molar-refractivity contribution in [1.29, 1.82) is 5.41 Å². The Morgan fingerprint density at radius 1 is 1.00 bits per heavy atom. The maximum absolute atomic E-state index is 7.02. The fourth-order valence-electron chi connectivity index (χ4n) is 0.869. The number of hydrogen-bond acceptors (Lipinski definition) is 3. The molecule has 0 saturated heterocycles. The van der Waals surface area contributed by atoms with E-state index in [0.29, 0.717) is 5.69 Å². The van der Waals surface area contributed by atoms with Crippen LogP contribution in [0.1, 0.15) is 22.8 Å². The van der Waals surface area contributed by atoms with Gasteiger partial charge < -0.3 is 5.41 Å². The van der Waals surface area contributed by atoms with Gasteiger partial charge in [0.05, 0.1) is 17.1 Å². The maximum Gasteiger partial charge on any atom is 0.102 e. The molecule has 0 fully saturated rings. The lowest BCUT2D eigenvalue weighted by atomic mass is 10.3. The zero-order chi connectivity index (χ0) is 8.43. The molecule has 0 radical (unpaired) electrons. The Hall–Kier alpha value is -1.25. The van der Waals surface area contributed by atoms with Gasteiger partial charge in [0.15, 0.2) is 0 Å². The summed E-state index contributed by atoms with van der Waals surface area (Å²) < 4.78 is 0. The highest BCUT2D eigenvalue weighted by Crippen LogP contribution is 2.03. The molecule has 0 aliphatic heterocycles. The van der Waals surface area contributed by atoms with E-state index in [1.807, 2.05) is 20.8 Å². The van der Waals surface area contributed by atoms with Crippen LogP contribution in [-0.2, 0) is 0 Å². The Labute approximate surface area is 66.0 Å². The highest BCUT2D eigenvalue weighted by molar-refractivity contribution is 5.75. The molecule has 0 saturated carbocycles. The summed E-state index contributed by atoms with van der Waals surface area (Å²) in [5.41, 5.74) is 3.32. The Kier molecular flexibility index (Phi) is 1.98. The third-order valence-electron chi connectivity index (χ3n) is 1.65. The number of aryl methyl sites for hydroxylation is 3. The van der Waals surface area contributed by atoms with E-state index in [0.717, 1.165) is 17.1 Å². The minimum absolute atomic E-state index is 0.660. The van der Waals surface area contributed by atoms with E-state index >= 15 is 0 Å². The Morgan fingerprint density at radius 3 is 2.09 bits per heavy atom. The molecule has 0 atom stereocenters. The van der Waals surface area contributed by atoms with Crippen molar-refractivity contribution in [3.63, 3.8) is 0 Å². The molecule has 0 unspecified atom stereocenters. The summed E-state index contributed by atoms with van der Waals surface area (Å²) in [6, 6.07) is 0. The van der Waals surface area contributed by atoms with Gasteiger partial charge in [0.2, 0.25) is 0 Å². The van der Waals surface area contributed by atoms with Crippen molar-refractivity contribution in [3.8, 4) is 0 Å². The SMILES string of the molecule is Cc1nc(C)c(C=N)nc1C. The number of nitrogens with zero attached hydrogens (tertiary/aromatic N) is 2. The summed E-state index contributed by atoms with van der Waals surface area (Å²) in [7, 11) is 0. The van der Waals surface area contributed by atoms with Crippen LogP contribution < -0.4 is 0 Å². The smallest absolute Gasteiger partial charge is 0.102 e. The van der Waals surface area contributed by atoms with Gasteiger partial charge in [0, 0.05) is 6.21 Å². The van der Waals surface area contributed by atoms with E-state index < -0.39 is 0 Å². The van der Waals surface area contributed by atoms with Crippen LogP contribution in [0.25, 0.3) is 0 Å². The van der Waals surface area contributed by atoms with Crippen molar-refractivity contribution in [1.82, 2.24) is 9.97 Å². The van der Waals surface area contributed by atoms with Crippen LogP contribution >= 0.6 is 0 Å². The van der Waals surface area contributed by atoms with E-state index in [-0.39, 0.29) is 0 Å². The Bertz CT molecular complexity index is 292. The fourth-order valence-corrected chi connectivity index (χ4v) is 0.869. The van der Waals surface area contributed by atoms with Crippen LogP contribution in [0.3, 0.4) is 0 Å². The normalized spacial score (nSPS) is 9.73. The van der Waals surface area contributed by atoms with Crippen LogP contribution in [-0.4, -0.2) is 16.2 Å². The van der Waals surface area contributed by atoms with Gasteiger partial charge in [-0.05, 0) is 20.8 Å². The minimum Gasteiger partial charge on any atom is -0.306 e. The molecule has 0 aliphatic carbocycles. The molecule has 0 aliphatic rings. The highest BCUT2D eigenvalue weighted by Gasteiger charge is 2.00. The van der Waals surface area contributed by atoms with Crippen LogP contribution in [0.4, 0.5) is 0 Å². The summed E-state index contributed by atoms with van der Waals surface area (Å²) in [4.78, 5) is 8.42. The van der Waals surface area contributed by atoms with E-state index in [4.69, 9.17) is 5.41 Å². The third kappa shape index (κ3) is 1.42. The number of nitrogens with one attached hydrogen (secondary N) is 1. The summed E-state index contributed by atoms with van der Waals surface area (Å²) in [6.07, 6.45) is 1.23. The van der Waals surface area contributed by atoms with Gasteiger partial charge >= 0.3 is 0 Å². The molecular weight excluding hydrogens is 138 g/mol. The average Bonchev–Trinajstić information content (AvgIpc) is 1.97. The average molecular weight is 149 g/mol. The predicted octanol–water partition coefficient (Wildman–Crippen LogP) is 1.40. The van der Waals surface area contributed by atoms with Crippen molar-refractivity contribution in [2.75, 3.05) is 0 Å². The molecule has 3 nitrogen and oxygen atoms in total. The highest BCUT2D eigenvalue weighted by atomic mass is 14.8. The summed E-state index contributed by atoms with van der Waals surface area (Å²) in [5.74, 6) is 0. The second-order valence-electron chi connectivity index (χ2n) is 2.51. The molecular formula is C8H11N3. The molecule has 1 N–H and O–H groups in total. The van der Waals surface area contributed by atoms with Gasteiger partial charge in [-0.25, -0.2) is 4.98 Å². The standard InChI is InChI=1S/C8H11N3/c1-5-6(2)11-8(4-9)7(3)10-5/h4,9H,1-3H3. The monoisotopic (exact) mass is 149 g/mol. The van der Waals surface area contributed by atoms with Gasteiger partial charge in [-0.3, -0.25) is 4.98 Å². The van der Waals surface area contributed by atoms with Gasteiger partial charge in [-0.1, -0.05) is 0 Å². The van der Waals surface area contributed by atoms with Gasteiger partial charge in [0.25, 0.3) is 0 Å². The van der Waals surface area contributed by atoms with E-state index in [1.54, 1.807) is 0 Å². The molecule has 3 heteroatoms. The maximum atomic E-state index is 7.02. The quantitative estimate of drug-likeness (QED) is 0.613. The zero-order valence-corrected chi connectivity index (χ0v) is 6.97. The summed E-state index contributed by atoms with van der Waals surface area (Å²) >= 11 is 0. The van der Waals surface area contributed by atoms with E-state index in [2.05, 4.69) is 9.97 Å². The third-order valence-corrected chi connectivity index (χ3v) is 1.65. The van der Waals surface area contributed by atoms with E-state index in [9.17, 15) is 0 Å². The van der Waals surface area contributed by atoms with Gasteiger partial charge in [0.1, 0.15) is 5.69 Å². The van der Waals surface area contributed by atoms with Crippen LogP contribution in [0, 0.1) is 26.2 Å². The van der Waals surface area contributed by atoms with Crippen molar-refractivity contribution in [2.45, 2.75) is 20.8 Å². The molecule has 1 heterocycles. The lowest BCUT2D eigenvalue weighted by Gasteiger charge is -2.02. The Morgan fingerprint density at radius 2 is 1.55 bits per heavy atom. The first kappa shape index (κ1) is 7.85. The van der Waals surface area contributed by atoms with Crippen molar-refractivity contribution in [3.05, 3.63) is 22.8 Å². The first-order chi connectivity index (χ1) is 5.15. The molecule has 0 amide bonds. The first-order valence-electron chi connectivity index (χ1n) is 3.47. The Balaban J connectivity index is 3.31. The molecule has 0 spiro atoms. The number of aromatic nitrogens is 2. The van der Waals surface area contributed by atoms with Crippen LogP contribution in [0.5, 0.6) is 0 Å². The molecule has 1 aromatic heterocycles. The first-order valence-corrected chi connectivity index (χ1v) is 3.47. The van der Waals surface area contributed by atoms with Crippen LogP contribution in [0.15, 0.2) is 0 Å². The van der Waals surface area contributed by atoms with E-state index in [1.165, 1.54) is 6.21 Å². The zero-order valence-electron chi connectivity index (χ0n) is 6.97. The van der Waals surface area contributed by atoms with Crippen molar-refractivity contribution >= 4 is 6.21 Å². The molecule has 0 bridgehead atoms. The molecule has 58 valence electrons. The molecule has 1 aromatic rings. The lowest BCUT2D eigenvalue weighted by Crippen LogP contribution is -2.00. The molecule has 1 rings (SSSR count). The van der Waals surface area contributed by atoms with Crippen molar-refractivity contribution < 1.29 is 0 Å². The predicted molar refractivity (Wildman–Crippen MR) is 44.1 cm³/mol. The molecule has 0 aromatic carbocycles. The largest absolute Gasteiger partial charge is 0.306 e. The van der Waals surface area contributed by atoms with Gasteiger partial charge in [-0.2, -0.15) is 0 Å². The second kappa shape index (κ2) is 2.78. The molecule has 11 heavy (non-hydrogen) atoms. The fraction of sp³-hybridized carbons (Fsp3) is 0.375. The summed E-state index contributed by atoms with van der Waals surface area (Å²) in [5, 5.41) is 7.02. The topological polar surface area (TPSA) is 49.6 Å². The lowest BCUT2D eigenvalue weighted by molar-refractivity contribution is 0.993. The number of rotatable bonds is 1. The second-order valence-corrected chi connectivity index (χ2v) is 2.51. The number of hydrogen-bond donors (Lipinski definition) is 1.